The first kappa shape index (κ1) is 31.7. The van der Waals surface area contributed by atoms with Crippen LogP contribution in [0.5, 0.6) is 0 Å². The summed E-state index contributed by atoms with van der Waals surface area (Å²) >= 11 is 6.44. The number of hydrogen-bond acceptors (Lipinski definition) is 6. The molecule has 1 aromatic heterocycles. The summed E-state index contributed by atoms with van der Waals surface area (Å²) in [4.78, 5) is 48.6. The third-order valence-electron chi connectivity index (χ3n) is 7.63. The number of aromatic nitrogens is 1. The molecule has 3 aromatic rings. The van der Waals surface area contributed by atoms with Crippen LogP contribution in [0.15, 0.2) is 67.4 Å². The molecule has 2 aromatic carbocycles. The van der Waals surface area contributed by atoms with Crippen LogP contribution in [0.4, 0.5) is 4.79 Å². The zero-order valence-corrected chi connectivity index (χ0v) is 25.4. The lowest BCUT2D eigenvalue weighted by Gasteiger charge is -2.33. The van der Waals surface area contributed by atoms with Crippen molar-refractivity contribution in [3.05, 3.63) is 89.2 Å². The SMILES string of the molecule is C=Cc1cccc(CNC(=O)N(C)[C@@H](CCC(=O)N2CCN(C)CC2)COC(=O)/C=C/c2cc3ccccc3cn2)c1Cl. The number of halogens is 1. The number of hydrogen-bond donors (Lipinski definition) is 1. The summed E-state index contributed by atoms with van der Waals surface area (Å²) < 4.78 is 5.55. The van der Waals surface area contributed by atoms with Crippen LogP contribution in [0.2, 0.25) is 5.02 Å². The summed E-state index contributed by atoms with van der Waals surface area (Å²) in [6, 6.07) is 14.4. The van der Waals surface area contributed by atoms with Crippen molar-refractivity contribution >= 4 is 52.4 Å². The molecule has 3 amide bonds. The van der Waals surface area contributed by atoms with Crippen molar-refractivity contribution in [2.45, 2.75) is 25.4 Å². The topological polar surface area (TPSA) is 95.1 Å². The van der Waals surface area contributed by atoms with E-state index in [0.29, 0.717) is 30.2 Å². The van der Waals surface area contributed by atoms with Gasteiger partial charge in [-0.1, -0.05) is 66.7 Å². The van der Waals surface area contributed by atoms with E-state index in [9.17, 15) is 14.4 Å². The Kier molecular flexibility index (Phi) is 11.3. The van der Waals surface area contributed by atoms with E-state index in [1.807, 2.05) is 60.5 Å². The van der Waals surface area contributed by atoms with Crippen molar-refractivity contribution in [3.63, 3.8) is 0 Å². The molecule has 1 fully saturated rings. The van der Waals surface area contributed by atoms with Gasteiger partial charge in [0.15, 0.2) is 0 Å². The van der Waals surface area contributed by atoms with Crippen LogP contribution in [0.3, 0.4) is 0 Å². The van der Waals surface area contributed by atoms with Crippen LogP contribution >= 0.6 is 11.6 Å². The molecule has 1 atom stereocenters. The van der Waals surface area contributed by atoms with Crippen molar-refractivity contribution in [1.82, 2.24) is 25.0 Å². The van der Waals surface area contributed by atoms with Gasteiger partial charge in [-0.25, -0.2) is 9.59 Å². The third-order valence-corrected chi connectivity index (χ3v) is 8.10. The first-order valence-corrected chi connectivity index (χ1v) is 14.7. The fraction of sp³-hybridized carbons (Fsp3) is 0.333. The number of nitrogens with zero attached hydrogens (tertiary/aromatic N) is 4. The van der Waals surface area contributed by atoms with Gasteiger partial charge in [0.2, 0.25) is 5.91 Å². The number of urea groups is 1. The number of rotatable bonds is 11. The minimum absolute atomic E-state index is 0.0218. The van der Waals surface area contributed by atoms with Crippen LogP contribution < -0.4 is 5.32 Å². The van der Waals surface area contributed by atoms with E-state index in [-0.39, 0.29) is 31.5 Å². The van der Waals surface area contributed by atoms with Gasteiger partial charge in [-0.2, -0.15) is 0 Å². The molecule has 0 spiro atoms. The lowest BCUT2D eigenvalue weighted by molar-refractivity contribution is -0.139. The Morgan fingerprint density at radius 2 is 1.86 bits per heavy atom. The van der Waals surface area contributed by atoms with Crippen molar-refractivity contribution in [2.24, 2.45) is 0 Å². The van der Waals surface area contributed by atoms with Crippen LogP contribution in [-0.2, 0) is 20.9 Å². The third kappa shape index (κ3) is 8.89. The molecule has 2 heterocycles. The number of carbonyl (C=O) groups excluding carboxylic acids is 3. The second kappa shape index (κ2) is 15.3. The highest BCUT2D eigenvalue weighted by molar-refractivity contribution is 6.32. The molecule has 1 N–H and O–H groups in total. The minimum Gasteiger partial charge on any atom is -0.460 e. The second-order valence-corrected chi connectivity index (χ2v) is 11.0. The standard InChI is InChI=1S/C33H38ClN5O4/c1-4-24-10-7-11-27(32(24)34)22-36-33(42)38(3)29(13-14-30(40)39-18-16-37(2)17-19-39)23-43-31(41)15-12-28-20-25-8-5-6-9-26(25)21-35-28/h4-12,15,20-21,29H,1,13-14,16-19,22-23H2,2-3H3,(H,36,42)/b15-12+/t29-/m0/s1. The first-order chi connectivity index (χ1) is 20.7. The number of ether oxygens (including phenoxy) is 1. The van der Waals surface area contributed by atoms with E-state index >= 15 is 0 Å². The largest absolute Gasteiger partial charge is 0.460 e. The van der Waals surface area contributed by atoms with Crippen LogP contribution in [0.25, 0.3) is 22.9 Å². The number of fused-ring (bicyclic) bond motifs is 1. The monoisotopic (exact) mass is 603 g/mol. The lowest BCUT2D eigenvalue weighted by Crippen LogP contribution is -2.48. The first-order valence-electron chi connectivity index (χ1n) is 14.3. The number of likely N-dealkylation sites (N-methyl/N-ethyl adjacent to an activating group) is 2. The highest BCUT2D eigenvalue weighted by atomic mass is 35.5. The summed E-state index contributed by atoms with van der Waals surface area (Å²) in [7, 11) is 3.66. The summed E-state index contributed by atoms with van der Waals surface area (Å²) in [6.07, 6.45) is 6.89. The maximum atomic E-state index is 13.2. The molecule has 0 bridgehead atoms. The molecule has 9 nitrogen and oxygen atoms in total. The molecule has 43 heavy (non-hydrogen) atoms. The quantitative estimate of drug-likeness (QED) is 0.249. The molecule has 10 heteroatoms. The zero-order valence-electron chi connectivity index (χ0n) is 24.7. The van der Waals surface area contributed by atoms with Gasteiger partial charge in [0, 0.05) is 63.9 Å². The van der Waals surface area contributed by atoms with E-state index in [1.54, 1.807) is 25.4 Å². The van der Waals surface area contributed by atoms with Gasteiger partial charge in [-0.15, -0.1) is 0 Å². The summed E-state index contributed by atoms with van der Waals surface area (Å²) in [5, 5.41) is 5.43. The van der Waals surface area contributed by atoms with Crippen LogP contribution in [0, 0.1) is 0 Å². The molecule has 226 valence electrons. The highest BCUT2D eigenvalue weighted by Gasteiger charge is 2.25. The van der Waals surface area contributed by atoms with Gasteiger partial charge in [-0.3, -0.25) is 9.78 Å². The molecule has 0 radical (unpaired) electrons. The Bertz CT molecular complexity index is 1490. The van der Waals surface area contributed by atoms with E-state index in [4.69, 9.17) is 16.3 Å². The Balaban J connectivity index is 1.38. The van der Waals surface area contributed by atoms with Crippen molar-refractivity contribution < 1.29 is 19.1 Å². The number of benzene rings is 2. The van der Waals surface area contributed by atoms with Crippen molar-refractivity contribution in [2.75, 3.05) is 46.9 Å². The van der Waals surface area contributed by atoms with E-state index in [2.05, 4.69) is 21.8 Å². The molecule has 1 aliphatic rings. The smallest absolute Gasteiger partial charge is 0.330 e. The number of carbonyl (C=O) groups is 3. The number of piperazine rings is 1. The Morgan fingerprint density at radius 3 is 2.60 bits per heavy atom. The molecule has 0 unspecified atom stereocenters. The molecule has 1 saturated heterocycles. The van der Waals surface area contributed by atoms with Gasteiger partial charge in [0.25, 0.3) is 0 Å². The van der Waals surface area contributed by atoms with Crippen LogP contribution in [-0.4, -0.2) is 90.5 Å². The van der Waals surface area contributed by atoms with Gasteiger partial charge < -0.3 is 24.8 Å². The average Bonchev–Trinajstić information content (AvgIpc) is 3.03. The number of esters is 1. The van der Waals surface area contributed by atoms with Gasteiger partial charge >= 0.3 is 12.0 Å². The molecule has 0 saturated carbocycles. The molecule has 0 aliphatic carbocycles. The Hall–Kier alpha value is -4.21. The molecule has 4 rings (SSSR count). The van der Waals surface area contributed by atoms with Crippen molar-refractivity contribution in [1.29, 1.82) is 0 Å². The fourth-order valence-corrected chi connectivity index (χ4v) is 5.09. The number of nitrogens with one attached hydrogen (secondary N) is 1. The fourth-order valence-electron chi connectivity index (χ4n) is 4.82. The zero-order chi connectivity index (χ0) is 30.8. The normalized spacial score (nSPS) is 14.4. The average molecular weight is 604 g/mol. The Labute approximate surface area is 257 Å². The number of amides is 3. The van der Waals surface area contributed by atoms with Crippen molar-refractivity contribution in [3.8, 4) is 0 Å². The summed E-state index contributed by atoms with van der Waals surface area (Å²) in [5.74, 6) is -0.541. The van der Waals surface area contributed by atoms with Gasteiger partial charge in [0.1, 0.15) is 6.61 Å². The van der Waals surface area contributed by atoms with E-state index < -0.39 is 12.0 Å². The lowest BCUT2D eigenvalue weighted by atomic mass is 10.1. The van der Waals surface area contributed by atoms with Gasteiger partial charge in [0.05, 0.1) is 16.8 Å². The minimum atomic E-state index is -0.563. The van der Waals surface area contributed by atoms with Crippen LogP contribution in [0.1, 0.15) is 29.7 Å². The molecular formula is C33H38ClN5O4. The molecular weight excluding hydrogens is 566 g/mol. The second-order valence-electron chi connectivity index (χ2n) is 10.6. The highest BCUT2D eigenvalue weighted by Crippen LogP contribution is 2.22. The Morgan fingerprint density at radius 1 is 1.12 bits per heavy atom. The van der Waals surface area contributed by atoms with E-state index in [1.165, 1.54) is 11.0 Å². The predicted molar refractivity (Wildman–Crippen MR) is 170 cm³/mol. The van der Waals surface area contributed by atoms with E-state index in [0.717, 1.165) is 35.0 Å². The number of pyridine rings is 1. The van der Waals surface area contributed by atoms with Gasteiger partial charge in [-0.05, 0) is 42.1 Å². The maximum absolute atomic E-state index is 13.2. The summed E-state index contributed by atoms with van der Waals surface area (Å²) in [5.41, 5.74) is 2.16. The molecule has 1 aliphatic heterocycles. The predicted octanol–water partition coefficient (Wildman–Crippen LogP) is 4.85. The summed E-state index contributed by atoms with van der Waals surface area (Å²) in [6.45, 7) is 6.89. The maximum Gasteiger partial charge on any atom is 0.330 e.